The number of ether oxygens (including phenoxy) is 1. The van der Waals surface area contributed by atoms with Crippen LogP contribution in [0.2, 0.25) is 0 Å². The van der Waals surface area contributed by atoms with E-state index in [2.05, 4.69) is 14.8 Å². The van der Waals surface area contributed by atoms with Crippen LogP contribution in [0.15, 0.2) is 30.3 Å². The lowest BCUT2D eigenvalue weighted by molar-refractivity contribution is -0.134. The number of carbonyl (C=O) groups excluding carboxylic acids is 1. The van der Waals surface area contributed by atoms with E-state index in [-0.39, 0.29) is 30.5 Å². The number of benzene rings is 1. The van der Waals surface area contributed by atoms with Gasteiger partial charge in [0.25, 0.3) is 6.43 Å². The monoisotopic (exact) mass is 500 g/mol. The van der Waals surface area contributed by atoms with Gasteiger partial charge in [0.2, 0.25) is 11.9 Å². The lowest BCUT2D eigenvalue weighted by atomic mass is 10.1. The molecule has 0 unspecified atom stereocenters. The summed E-state index contributed by atoms with van der Waals surface area (Å²) in [4.78, 5) is 32.0. The molecule has 0 bridgehead atoms. The number of fused-ring (bicyclic) bond motifs is 1. The van der Waals surface area contributed by atoms with Gasteiger partial charge in [0.15, 0.2) is 5.82 Å². The molecule has 36 heavy (non-hydrogen) atoms. The number of halogens is 2. The predicted octanol–water partition coefficient (Wildman–Crippen LogP) is 1.97. The Bertz CT molecular complexity index is 1230. The van der Waals surface area contributed by atoms with Crippen molar-refractivity contribution < 1.29 is 18.3 Å². The Morgan fingerprint density at radius 3 is 2.33 bits per heavy atom. The Labute approximate surface area is 207 Å². The summed E-state index contributed by atoms with van der Waals surface area (Å²) in [5, 5.41) is 0. The number of nitrogens with zero attached hydrogens (tertiary/aromatic N) is 7. The van der Waals surface area contributed by atoms with E-state index in [0.29, 0.717) is 62.1 Å². The van der Waals surface area contributed by atoms with Crippen LogP contribution in [0.1, 0.15) is 26.1 Å². The fourth-order valence-electron chi connectivity index (χ4n) is 5.13. The highest BCUT2D eigenvalue weighted by molar-refractivity contribution is 5.79. The van der Waals surface area contributed by atoms with Crippen LogP contribution < -0.4 is 15.5 Å². The normalized spacial score (nSPS) is 21.0. The summed E-state index contributed by atoms with van der Waals surface area (Å²) in [6.07, 6.45) is -2.80. The topological polar surface area (TPSA) is 106 Å². The van der Waals surface area contributed by atoms with Gasteiger partial charge in [0, 0.05) is 44.3 Å². The number of carbonyl (C=O) groups is 1. The average Bonchev–Trinajstić information content (AvgIpc) is 3.28. The van der Waals surface area contributed by atoms with Crippen LogP contribution in [0.25, 0.3) is 17.0 Å². The number of amides is 1. The molecule has 10 nitrogen and oxygen atoms in total. The van der Waals surface area contributed by atoms with Crippen molar-refractivity contribution in [1.29, 1.82) is 0 Å². The van der Waals surface area contributed by atoms with Crippen molar-refractivity contribution in [2.45, 2.75) is 32.4 Å². The third kappa shape index (κ3) is 4.46. The molecule has 2 aromatic heterocycles. The van der Waals surface area contributed by atoms with Crippen molar-refractivity contribution in [1.82, 2.24) is 24.4 Å². The summed E-state index contributed by atoms with van der Waals surface area (Å²) >= 11 is 0. The van der Waals surface area contributed by atoms with Gasteiger partial charge < -0.3 is 25.2 Å². The van der Waals surface area contributed by atoms with E-state index in [1.165, 1.54) is 4.57 Å². The Balaban J connectivity index is 1.61. The molecule has 0 aliphatic carbocycles. The van der Waals surface area contributed by atoms with Gasteiger partial charge in [-0.3, -0.25) is 9.36 Å². The van der Waals surface area contributed by atoms with Crippen molar-refractivity contribution in [3.63, 3.8) is 0 Å². The Hall–Kier alpha value is -3.38. The van der Waals surface area contributed by atoms with Gasteiger partial charge in [-0.25, -0.2) is 13.8 Å². The number of hydrogen-bond acceptors (Lipinski definition) is 8. The molecule has 2 aliphatic rings. The van der Waals surface area contributed by atoms with E-state index in [4.69, 9.17) is 20.4 Å². The lowest BCUT2D eigenvalue weighted by Gasteiger charge is -2.45. The minimum atomic E-state index is -2.80. The zero-order valence-corrected chi connectivity index (χ0v) is 20.3. The van der Waals surface area contributed by atoms with Gasteiger partial charge >= 0.3 is 0 Å². The Morgan fingerprint density at radius 1 is 1.06 bits per heavy atom. The number of alkyl halides is 2. The molecule has 3 aromatic rings. The maximum Gasteiger partial charge on any atom is 0.296 e. The van der Waals surface area contributed by atoms with E-state index >= 15 is 0 Å². The molecule has 5 rings (SSSR count). The molecule has 2 fully saturated rings. The van der Waals surface area contributed by atoms with Crippen molar-refractivity contribution in [3.05, 3.63) is 36.2 Å². The smallest absolute Gasteiger partial charge is 0.296 e. The van der Waals surface area contributed by atoms with Crippen LogP contribution in [0.5, 0.6) is 0 Å². The standard InChI is InChI=1S/C24H30F2N8O2/c1-15-13-32(14-16(2)33(15)21(35)12-27)20-11-19(31-7-9-36-10-8-31)29-24(30-20)34-18-6-4-3-5-17(18)28-23(34)22(25)26/h3-6,11,15-16,22H,7-10,12-14,27H2,1-2H3/t15-,16+. The summed E-state index contributed by atoms with van der Waals surface area (Å²) < 4.78 is 35.0. The molecule has 0 spiro atoms. The number of anilines is 2. The maximum absolute atomic E-state index is 14.1. The second kappa shape index (κ2) is 9.94. The Kier molecular flexibility index (Phi) is 6.71. The predicted molar refractivity (Wildman–Crippen MR) is 132 cm³/mol. The van der Waals surface area contributed by atoms with Crippen LogP contribution in [0, 0.1) is 0 Å². The van der Waals surface area contributed by atoms with E-state index in [0.717, 1.165) is 0 Å². The van der Waals surface area contributed by atoms with Gasteiger partial charge in [0.1, 0.15) is 11.6 Å². The summed E-state index contributed by atoms with van der Waals surface area (Å²) in [7, 11) is 0. The molecule has 192 valence electrons. The first-order chi connectivity index (χ1) is 17.4. The summed E-state index contributed by atoms with van der Waals surface area (Å²) in [6, 6.07) is 8.66. The first-order valence-electron chi connectivity index (χ1n) is 12.1. The van der Waals surface area contributed by atoms with Crippen LogP contribution >= 0.6 is 0 Å². The first-order valence-corrected chi connectivity index (χ1v) is 12.1. The molecule has 0 saturated carbocycles. The lowest BCUT2D eigenvalue weighted by Crippen LogP contribution is -2.60. The van der Waals surface area contributed by atoms with Crippen molar-refractivity contribution in [3.8, 4) is 5.95 Å². The summed E-state index contributed by atoms with van der Waals surface area (Å²) in [6.45, 7) is 7.33. The third-order valence-electron chi connectivity index (χ3n) is 6.71. The molecule has 4 heterocycles. The highest BCUT2D eigenvalue weighted by Gasteiger charge is 2.34. The molecule has 2 saturated heterocycles. The zero-order chi connectivity index (χ0) is 25.4. The van der Waals surface area contributed by atoms with E-state index in [9.17, 15) is 13.6 Å². The molecular formula is C24H30F2N8O2. The quantitative estimate of drug-likeness (QED) is 0.567. The molecular weight excluding hydrogens is 470 g/mol. The summed E-state index contributed by atoms with van der Waals surface area (Å²) in [5.74, 6) is 0.883. The zero-order valence-electron chi connectivity index (χ0n) is 20.3. The van der Waals surface area contributed by atoms with Gasteiger partial charge in [0.05, 0.1) is 30.8 Å². The van der Waals surface area contributed by atoms with Gasteiger partial charge in [-0.15, -0.1) is 0 Å². The van der Waals surface area contributed by atoms with Gasteiger partial charge in [-0.2, -0.15) is 9.97 Å². The van der Waals surface area contributed by atoms with Gasteiger partial charge in [-0.05, 0) is 26.0 Å². The molecule has 2 N–H and O–H groups in total. The second-order valence-corrected chi connectivity index (χ2v) is 9.19. The third-order valence-corrected chi connectivity index (χ3v) is 6.71. The number of para-hydroxylation sites is 2. The van der Waals surface area contributed by atoms with E-state index in [1.54, 1.807) is 29.2 Å². The number of rotatable bonds is 5. The molecule has 0 radical (unpaired) electrons. The number of piperazine rings is 1. The van der Waals surface area contributed by atoms with Gasteiger partial charge in [-0.1, -0.05) is 12.1 Å². The van der Waals surface area contributed by atoms with E-state index in [1.807, 2.05) is 19.9 Å². The molecule has 2 aliphatic heterocycles. The number of imidazole rings is 1. The van der Waals surface area contributed by atoms with Crippen LogP contribution in [-0.2, 0) is 9.53 Å². The Morgan fingerprint density at radius 2 is 1.69 bits per heavy atom. The first kappa shape index (κ1) is 24.3. The number of nitrogens with two attached hydrogens (primary N) is 1. The van der Waals surface area contributed by atoms with Crippen molar-refractivity contribution >= 4 is 28.6 Å². The molecule has 1 amide bonds. The maximum atomic E-state index is 14.1. The average molecular weight is 501 g/mol. The number of aromatic nitrogens is 4. The van der Waals surface area contributed by atoms with E-state index < -0.39 is 12.2 Å². The fourth-order valence-corrected chi connectivity index (χ4v) is 5.13. The fraction of sp³-hybridized carbons (Fsp3) is 0.500. The minimum absolute atomic E-state index is 0.0440. The highest BCUT2D eigenvalue weighted by atomic mass is 19.3. The number of morpholine rings is 1. The minimum Gasteiger partial charge on any atom is -0.378 e. The van der Waals surface area contributed by atoms with Crippen molar-refractivity contribution in [2.24, 2.45) is 5.73 Å². The highest BCUT2D eigenvalue weighted by Crippen LogP contribution is 2.30. The second-order valence-electron chi connectivity index (χ2n) is 9.19. The SMILES string of the molecule is C[C@@H]1CN(c2cc(N3CCOCC3)nc(-n3c(C(F)F)nc4ccccc43)n2)C[C@H](C)N1C(=O)CN. The molecule has 12 heteroatoms. The molecule has 1 aromatic carbocycles. The van der Waals surface area contributed by atoms with Crippen LogP contribution in [0.3, 0.4) is 0 Å². The summed E-state index contributed by atoms with van der Waals surface area (Å²) in [5.41, 5.74) is 6.58. The van der Waals surface area contributed by atoms with Crippen LogP contribution in [0.4, 0.5) is 20.4 Å². The largest absolute Gasteiger partial charge is 0.378 e. The van der Waals surface area contributed by atoms with Crippen LogP contribution in [-0.4, -0.2) is 88.3 Å². The molecule has 2 atom stereocenters. The van der Waals surface area contributed by atoms with Crippen molar-refractivity contribution in [2.75, 3.05) is 55.7 Å². The number of hydrogen-bond donors (Lipinski definition) is 1.